The van der Waals surface area contributed by atoms with E-state index in [1.807, 2.05) is 6.07 Å². The van der Waals surface area contributed by atoms with Crippen LogP contribution < -0.4 is 19.5 Å². The van der Waals surface area contributed by atoms with E-state index < -0.39 is 30.2 Å². The number of alkyl halides is 2. The SMILES string of the molecule is C=CCc1ccc(OC[C@H](O)CN2C(=O)N[C@](C)(c3ccc(OC(F)F)cc3)C2=O)c(OC)c1. The number of aliphatic hydroxyl groups is 1. The Balaban J connectivity index is 1.64. The highest BCUT2D eigenvalue weighted by atomic mass is 19.3. The van der Waals surface area contributed by atoms with Crippen LogP contribution in [0.1, 0.15) is 18.1 Å². The number of ether oxygens (including phenoxy) is 3. The predicted molar refractivity (Wildman–Crippen MR) is 119 cm³/mol. The summed E-state index contributed by atoms with van der Waals surface area (Å²) in [5.41, 5.74) is -0.0668. The van der Waals surface area contributed by atoms with Crippen molar-refractivity contribution in [1.82, 2.24) is 10.2 Å². The zero-order chi connectivity index (χ0) is 24.9. The number of amides is 3. The van der Waals surface area contributed by atoms with Crippen molar-refractivity contribution in [2.75, 3.05) is 20.3 Å². The number of allylic oxidation sites excluding steroid dienone is 1. The van der Waals surface area contributed by atoms with Gasteiger partial charge in [0.1, 0.15) is 24.0 Å². The van der Waals surface area contributed by atoms with Gasteiger partial charge in [-0.15, -0.1) is 6.58 Å². The summed E-state index contributed by atoms with van der Waals surface area (Å²) in [4.78, 5) is 26.4. The van der Waals surface area contributed by atoms with Gasteiger partial charge in [0.05, 0.1) is 13.7 Å². The highest BCUT2D eigenvalue weighted by molar-refractivity contribution is 6.07. The molecule has 34 heavy (non-hydrogen) atoms. The highest BCUT2D eigenvalue weighted by Crippen LogP contribution is 2.31. The number of carbonyl (C=O) groups excluding carboxylic acids is 2. The average molecular weight is 476 g/mol. The quantitative estimate of drug-likeness (QED) is 0.382. The molecule has 1 heterocycles. The molecule has 182 valence electrons. The molecule has 0 unspecified atom stereocenters. The number of nitrogens with zero attached hydrogens (tertiary/aromatic N) is 1. The first-order chi connectivity index (χ1) is 16.2. The Bertz CT molecular complexity index is 1050. The Kier molecular flexibility index (Phi) is 7.72. The zero-order valence-corrected chi connectivity index (χ0v) is 18.8. The molecule has 0 aliphatic carbocycles. The Hall–Kier alpha value is -3.66. The molecule has 10 heteroatoms. The molecule has 2 atom stereocenters. The predicted octanol–water partition coefficient (Wildman–Crippen LogP) is 3.23. The number of methoxy groups -OCH3 is 1. The van der Waals surface area contributed by atoms with Gasteiger partial charge in [-0.3, -0.25) is 9.69 Å². The first-order valence-corrected chi connectivity index (χ1v) is 10.5. The largest absolute Gasteiger partial charge is 0.493 e. The second kappa shape index (κ2) is 10.5. The van der Waals surface area contributed by atoms with Gasteiger partial charge in [-0.1, -0.05) is 24.3 Å². The number of hydrogen-bond donors (Lipinski definition) is 2. The minimum absolute atomic E-state index is 0.0727. The lowest BCUT2D eigenvalue weighted by atomic mass is 9.92. The normalized spacial score (nSPS) is 18.6. The number of hydrogen-bond acceptors (Lipinski definition) is 6. The molecule has 0 saturated carbocycles. The van der Waals surface area contributed by atoms with E-state index in [0.29, 0.717) is 23.5 Å². The Morgan fingerprint density at radius 1 is 1.18 bits per heavy atom. The molecular formula is C24H26F2N2O6. The molecule has 1 aliphatic rings. The van der Waals surface area contributed by atoms with Gasteiger partial charge in [0, 0.05) is 0 Å². The minimum atomic E-state index is -2.97. The van der Waals surface area contributed by atoms with Crippen LogP contribution in [0.5, 0.6) is 17.2 Å². The van der Waals surface area contributed by atoms with Gasteiger partial charge in [-0.05, 0) is 48.7 Å². The van der Waals surface area contributed by atoms with E-state index in [-0.39, 0.29) is 18.9 Å². The van der Waals surface area contributed by atoms with Crippen LogP contribution >= 0.6 is 0 Å². The first kappa shape index (κ1) is 25.0. The molecule has 1 aliphatic heterocycles. The fourth-order valence-electron chi connectivity index (χ4n) is 3.60. The highest BCUT2D eigenvalue weighted by Gasteiger charge is 2.49. The Labute approximate surface area is 195 Å². The van der Waals surface area contributed by atoms with Crippen LogP contribution in [-0.4, -0.2) is 54.9 Å². The van der Waals surface area contributed by atoms with Crippen molar-refractivity contribution in [1.29, 1.82) is 0 Å². The lowest BCUT2D eigenvalue weighted by Gasteiger charge is -2.23. The maximum atomic E-state index is 13.0. The number of aliphatic hydroxyl groups excluding tert-OH is 1. The summed E-state index contributed by atoms with van der Waals surface area (Å²) in [6.07, 6.45) is 1.25. The molecule has 3 amide bonds. The topological polar surface area (TPSA) is 97.3 Å². The number of halogens is 2. The number of rotatable bonds is 11. The van der Waals surface area contributed by atoms with Gasteiger partial charge in [0.15, 0.2) is 11.5 Å². The molecule has 2 N–H and O–H groups in total. The average Bonchev–Trinajstić information content (AvgIpc) is 3.02. The van der Waals surface area contributed by atoms with E-state index in [0.717, 1.165) is 10.5 Å². The number of nitrogens with one attached hydrogen (secondary N) is 1. The van der Waals surface area contributed by atoms with Gasteiger partial charge in [-0.25, -0.2) is 4.79 Å². The molecule has 3 rings (SSSR count). The summed E-state index contributed by atoms with van der Waals surface area (Å²) in [5.74, 6) is 0.220. The number of urea groups is 1. The third-order valence-corrected chi connectivity index (χ3v) is 5.36. The van der Waals surface area contributed by atoms with Crippen molar-refractivity contribution in [2.24, 2.45) is 0 Å². The summed E-state index contributed by atoms with van der Waals surface area (Å²) in [7, 11) is 1.50. The number of β-amino-alcohol motifs (C(OH)–C–C–N with tert-alkyl or cyclic N) is 1. The van der Waals surface area contributed by atoms with Crippen molar-refractivity contribution in [3.8, 4) is 17.2 Å². The number of benzene rings is 2. The maximum absolute atomic E-state index is 13.0. The van der Waals surface area contributed by atoms with E-state index in [1.54, 1.807) is 18.2 Å². The first-order valence-electron chi connectivity index (χ1n) is 10.5. The van der Waals surface area contributed by atoms with E-state index in [1.165, 1.54) is 38.3 Å². The van der Waals surface area contributed by atoms with Crippen LogP contribution in [0.2, 0.25) is 0 Å². The molecule has 1 fully saturated rings. The molecule has 0 aromatic heterocycles. The van der Waals surface area contributed by atoms with Crippen LogP contribution in [0.3, 0.4) is 0 Å². The van der Waals surface area contributed by atoms with Gasteiger partial charge in [0.25, 0.3) is 5.91 Å². The standard InChI is InChI=1S/C24H26F2N2O6/c1-4-5-15-6-11-19(20(12-15)32-3)33-14-17(29)13-28-21(30)24(2,27-23(28)31)16-7-9-18(10-8-16)34-22(25)26/h4,6-12,17,22,29H,1,5,13-14H2,2-3H3,(H,27,31)/t17-,24-/m1/s1. The molecule has 2 aromatic rings. The van der Waals surface area contributed by atoms with E-state index in [2.05, 4.69) is 16.6 Å². The van der Waals surface area contributed by atoms with Crippen LogP contribution in [0.15, 0.2) is 55.1 Å². The second-order valence-electron chi connectivity index (χ2n) is 7.82. The number of imide groups is 1. The zero-order valence-electron chi connectivity index (χ0n) is 18.8. The summed E-state index contributed by atoms with van der Waals surface area (Å²) >= 11 is 0. The monoisotopic (exact) mass is 476 g/mol. The van der Waals surface area contributed by atoms with Crippen LogP contribution in [0, 0.1) is 0 Å². The smallest absolute Gasteiger partial charge is 0.387 e. The van der Waals surface area contributed by atoms with E-state index in [4.69, 9.17) is 9.47 Å². The summed E-state index contributed by atoms with van der Waals surface area (Å²) in [6.45, 7) is 1.72. The lowest BCUT2D eigenvalue weighted by Crippen LogP contribution is -2.42. The summed E-state index contributed by atoms with van der Waals surface area (Å²) in [6, 6.07) is 10.1. The van der Waals surface area contributed by atoms with Crippen LogP contribution in [0.25, 0.3) is 0 Å². The van der Waals surface area contributed by atoms with Gasteiger partial charge < -0.3 is 24.6 Å². The third-order valence-electron chi connectivity index (χ3n) is 5.36. The Morgan fingerprint density at radius 2 is 1.88 bits per heavy atom. The Morgan fingerprint density at radius 3 is 2.50 bits per heavy atom. The van der Waals surface area contributed by atoms with Gasteiger partial charge in [-0.2, -0.15) is 8.78 Å². The van der Waals surface area contributed by atoms with E-state index >= 15 is 0 Å². The van der Waals surface area contributed by atoms with Crippen molar-refractivity contribution < 1.29 is 37.7 Å². The van der Waals surface area contributed by atoms with Crippen molar-refractivity contribution in [3.05, 3.63) is 66.2 Å². The molecule has 1 saturated heterocycles. The lowest BCUT2D eigenvalue weighted by molar-refractivity contribution is -0.132. The van der Waals surface area contributed by atoms with Gasteiger partial charge >= 0.3 is 12.6 Å². The summed E-state index contributed by atoms with van der Waals surface area (Å²) in [5, 5.41) is 13.0. The van der Waals surface area contributed by atoms with Crippen molar-refractivity contribution in [3.63, 3.8) is 0 Å². The second-order valence-corrected chi connectivity index (χ2v) is 7.82. The maximum Gasteiger partial charge on any atom is 0.387 e. The van der Waals surface area contributed by atoms with Crippen molar-refractivity contribution >= 4 is 11.9 Å². The van der Waals surface area contributed by atoms with Crippen LogP contribution in [-0.2, 0) is 16.8 Å². The minimum Gasteiger partial charge on any atom is -0.493 e. The summed E-state index contributed by atoms with van der Waals surface area (Å²) < 4.78 is 40.0. The van der Waals surface area contributed by atoms with Crippen molar-refractivity contribution in [2.45, 2.75) is 31.6 Å². The molecular weight excluding hydrogens is 450 g/mol. The molecule has 0 spiro atoms. The molecule has 0 bridgehead atoms. The van der Waals surface area contributed by atoms with Crippen LogP contribution in [0.4, 0.5) is 13.6 Å². The fraction of sp³-hybridized carbons (Fsp3) is 0.333. The molecule has 2 aromatic carbocycles. The number of carbonyl (C=O) groups is 2. The van der Waals surface area contributed by atoms with E-state index in [9.17, 15) is 23.5 Å². The fourth-order valence-corrected chi connectivity index (χ4v) is 3.60. The molecule has 8 nitrogen and oxygen atoms in total. The molecule has 0 radical (unpaired) electrons. The van der Waals surface area contributed by atoms with Gasteiger partial charge in [0.2, 0.25) is 0 Å². The third kappa shape index (κ3) is 5.45.